The maximum Gasteiger partial charge on any atom is 0.230 e. The molecule has 0 aliphatic carbocycles. The van der Waals surface area contributed by atoms with Crippen LogP contribution in [-0.4, -0.2) is 22.6 Å². The molecule has 1 amide bonds. The number of halogens is 1. The molecule has 2 aromatic heterocycles. The molecule has 0 radical (unpaired) electrons. The third-order valence-corrected chi connectivity index (χ3v) is 5.45. The van der Waals surface area contributed by atoms with E-state index in [0.29, 0.717) is 29.7 Å². The summed E-state index contributed by atoms with van der Waals surface area (Å²) in [7, 11) is 0. The number of aromatic nitrogens is 2. The molecule has 1 atom stereocenters. The van der Waals surface area contributed by atoms with Crippen LogP contribution in [0.1, 0.15) is 24.7 Å². The summed E-state index contributed by atoms with van der Waals surface area (Å²) in [5, 5.41) is 8.49. The number of carbonyl (C=O) groups is 1. The van der Waals surface area contributed by atoms with Crippen molar-refractivity contribution in [1.29, 1.82) is 0 Å². The van der Waals surface area contributed by atoms with E-state index in [2.05, 4.69) is 15.5 Å². The SMILES string of the molecule is O=C1C[C@@H](c2nc(-c3sc4ccccc4c3Cl)no2)CCN1. The van der Waals surface area contributed by atoms with Crippen molar-refractivity contribution in [3.63, 3.8) is 0 Å². The zero-order valence-electron chi connectivity index (χ0n) is 11.5. The number of piperidine rings is 1. The van der Waals surface area contributed by atoms with Gasteiger partial charge in [0.15, 0.2) is 0 Å². The number of fused-ring (bicyclic) bond motifs is 1. The van der Waals surface area contributed by atoms with Crippen LogP contribution in [0.3, 0.4) is 0 Å². The number of hydrogen-bond acceptors (Lipinski definition) is 5. The smallest absolute Gasteiger partial charge is 0.230 e. The molecule has 3 heterocycles. The fourth-order valence-corrected chi connectivity index (χ4v) is 4.09. The summed E-state index contributed by atoms with van der Waals surface area (Å²) in [4.78, 5) is 16.7. The lowest BCUT2D eigenvalue weighted by molar-refractivity contribution is -0.122. The minimum Gasteiger partial charge on any atom is -0.356 e. The minimum absolute atomic E-state index is 0.0110. The predicted molar refractivity (Wildman–Crippen MR) is 85.1 cm³/mol. The Morgan fingerprint density at radius 1 is 1.36 bits per heavy atom. The summed E-state index contributed by atoms with van der Waals surface area (Å²) >= 11 is 7.98. The van der Waals surface area contributed by atoms with E-state index in [4.69, 9.17) is 16.1 Å². The lowest BCUT2D eigenvalue weighted by atomic mass is 9.98. The van der Waals surface area contributed by atoms with Gasteiger partial charge in [-0.1, -0.05) is 35.0 Å². The first-order valence-corrected chi connectivity index (χ1v) is 8.19. The van der Waals surface area contributed by atoms with E-state index < -0.39 is 0 Å². The Labute approximate surface area is 135 Å². The highest BCUT2D eigenvalue weighted by Gasteiger charge is 2.27. The molecule has 3 aromatic rings. The predicted octanol–water partition coefficient (Wildman–Crippen LogP) is 3.60. The Bertz CT molecular complexity index is 857. The van der Waals surface area contributed by atoms with E-state index in [1.54, 1.807) is 11.3 Å². The van der Waals surface area contributed by atoms with E-state index in [1.165, 1.54) is 0 Å². The van der Waals surface area contributed by atoms with Gasteiger partial charge in [0.1, 0.15) is 0 Å². The largest absolute Gasteiger partial charge is 0.356 e. The van der Waals surface area contributed by atoms with Crippen molar-refractivity contribution in [3.8, 4) is 10.7 Å². The highest BCUT2D eigenvalue weighted by molar-refractivity contribution is 7.23. The molecule has 1 fully saturated rings. The standard InChI is InChI=1S/C15H12ClN3O2S/c16-12-9-3-1-2-4-10(9)22-13(12)14-18-15(21-19-14)8-5-6-17-11(20)7-8/h1-4,8H,5-7H2,(H,17,20)/t8-/m0/s1. The Morgan fingerprint density at radius 3 is 3.05 bits per heavy atom. The fraction of sp³-hybridized carbons (Fsp3) is 0.267. The number of thiophene rings is 1. The zero-order chi connectivity index (χ0) is 15.1. The fourth-order valence-electron chi connectivity index (χ4n) is 2.65. The van der Waals surface area contributed by atoms with E-state index in [0.717, 1.165) is 21.4 Å². The number of carbonyl (C=O) groups excluding carboxylic acids is 1. The molecule has 4 rings (SSSR count). The second-order valence-electron chi connectivity index (χ2n) is 5.24. The number of hydrogen-bond donors (Lipinski definition) is 1. The quantitative estimate of drug-likeness (QED) is 0.778. The first-order chi connectivity index (χ1) is 10.7. The van der Waals surface area contributed by atoms with Gasteiger partial charge in [-0.15, -0.1) is 11.3 Å². The van der Waals surface area contributed by atoms with Gasteiger partial charge in [-0.05, 0) is 12.5 Å². The van der Waals surface area contributed by atoms with Gasteiger partial charge in [0, 0.05) is 29.0 Å². The van der Waals surface area contributed by atoms with Crippen LogP contribution in [0.25, 0.3) is 20.8 Å². The number of benzene rings is 1. The maximum absolute atomic E-state index is 11.5. The van der Waals surface area contributed by atoms with Gasteiger partial charge in [0.2, 0.25) is 17.6 Å². The molecule has 0 spiro atoms. The maximum atomic E-state index is 11.5. The topological polar surface area (TPSA) is 68.0 Å². The van der Waals surface area contributed by atoms with Gasteiger partial charge < -0.3 is 9.84 Å². The first-order valence-electron chi connectivity index (χ1n) is 7.00. The second kappa shape index (κ2) is 5.37. The van der Waals surface area contributed by atoms with Crippen LogP contribution in [0.2, 0.25) is 5.02 Å². The summed E-state index contributed by atoms with van der Waals surface area (Å²) in [6.45, 7) is 0.644. The van der Waals surface area contributed by atoms with E-state index in [1.807, 2.05) is 24.3 Å². The third-order valence-electron chi connectivity index (χ3n) is 3.78. The van der Waals surface area contributed by atoms with Crippen molar-refractivity contribution in [2.75, 3.05) is 6.54 Å². The molecule has 0 unspecified atom stereocenters. The van der Waals surface area contributed by atoms with E-state index >= 15 is 0 Å². The molecule has 0 bridgehead atoms. The lowest BCUT2D eigenvalue weighted by Crippen LogP contribution is -2.32. The molecule has 1 aliphatic heterocycles. The number of amides is 1. The highest BCUT2D eigenvalue weighted by atomic mass is 35.5. The summed E-state index contributed by atoms with van der Waals surface area (Å²) in [5.74, 6) is 1.02. The molecule has 7 heteroatoms. The third kappa shape index (κ3) is 2.28. The second-order valence-corrected chi connectivity index (χ2v) is 6.67. The molecule has 1 aromatic carbocycles. The average Bonchev–Trinajstić information content (AvgIpc) is 3.13. The average molecular weight is 334 g/mol. The van der Waals surface area contributed by atoms with Crippen molar-refractivity contribution in [3.05, 3.63) is 35.2 Å². The van der Waals surface area contributed by atoms with Gasteiger partial charge in [-0.2, -0.15) is 4.98 Å². The van der Waals surface area contributed by atoms with Crippen molar-refractivity contribution in [2.45, 2.75) is 18.8 Å². The number of rotatable bonds is 2. The van der Waals surface area contributed by atoms with Gasteiger partial charge >= 0.3 is 0 Å². The van der Waals surface area contributed by atoms with Crippen LogP contribution in [0.5, 0.6) is 0 Å². The molecule has 1 aliphatic rings. The molecular weight excluding hydrogens is 322 g/mol. The van der Waals surface area contributed by atoms with E-state index in [9.17, 15) is 4.79 Å². The molecule has 1 saturated heterocycles. The molecule has 112 valence electrons. The molecule has 0 saturated carbocycles. The Balaban J connectivity index is 1.71. The van der Waals surface area contributed by atoms with Crippen molar-refractivity contribution >= 4 is 38.9 Å². The van der Waals surface area contributed by atoms with Crippen LogP contribution in [-0.2, 0) is 4.79 Å². The highest BCUT2D eigenvalue weighted by Crippen LogP contribution is 2.41. The number of nitrogens with zero attached hydrogens (tertiary/aromatic N) is 2. The summed E-state index contributed by atoms with van der Waals surface area (Å²) < 4.78 is 6.45. The Morgan fingerprint density at radius 2 is 2.23 bits per heavy atom. The zero-order valence-corrected chi connectivity index (χ0v) is 13.1. The molecule has 1 N–H and O–H groups in total. The van der Waals surface area contributed by atoms with Crippen LogP contribution >= 0.6 is 22.9 Å². The van der Waals surface area contributed by atoms with Crippen LogP contribution in [0.15, 0.2) is 28.8 Å². The molecular formula is C15H12ClN3O2S. The van der Waals surface area contributed by atoms with Crippen molar-refractivity contribution in [2.24, 2.45) is 0 Å². The van der Waals surface area contributed by atoms with Gasteiger partial charge in [0.05, 0.1) is 9.90 Å². The van der Waals surface area contributed by atoms with Crippen LogP contribution in [0, 0.1) is 0 Å². The van der Waals surface area contributed by atoms with E-state index in [-0.39, 0.29) is 11.8 Å². The normalized spacial score (nSPS) is 18.6. The Kier molecular flexibility index (Phi) is 3.35. The molecule has 22 heavy (non-hydrogen) atoms. The van der Waals surface area contributed by atoms with Gasteiger partial charge in [-0.3, -0.25) is 4.79 Å². The monoisotopic (exact) mass is 333 g/mol. The molecule has 5 nitrogen and oxygen atoms in total. The lowest BCUT2D eigenvalue weighted by Gasteiger charge is -2.18. The number of nitrogens with one attached hydrogen (secondary N) is 1. The summed E-state index contributed by atoms with van der Waals surface area (Å²) in [6, 6.07) is 7.92. The van der Waals surface area contributed by atoms with Crippen molar-refractivity contribution in [1.82, 2.24) is 15.5 Å². The summed E-state index contributed by atoms with van der Waals surface area (Å²) in [5.41, 5.74) is 0. The summed E-state index contributed by atoms with van der Waals surface area (Å²) in [6.07, 6.45) is 1.20. The van der Waals surface area contributed by atoms with Gasteiger partial charge in [0.25, 0.3) is 0 Å². The van der Waals surface area contributed by atoms with Crippen LogP contribution < -0.4 is 5.32 Å². The Hall–Kier alpha value is -1.92. The first kappa shape index (κ1) is 13.7. The van der Waals surface area contributed by atoms with Crippen LogP contribution in [0.4, 0.5) is 0 Å². The van der Waals surface area contributed by atoms with Gasteiger partial charge in [-0.25, -0.2) is 0 Å². The minimum atomic E-state index is -0.0110. The van der Waals surface area contributed by atoms with Crippen molar-refractivity contribution < 1.29 is 9.32 Å².